The highest BCUT2D eigenvalue weighted by Crippen LogP contribution is 2.29. The number of amides is 1. The van der Waals surface area contributed by atoms with Gasteiger partial charge in [-0.15, -0.1) is 0 Å². The lowest BCUT2D eigenvalue weighted by Crippen LogP contribution is -2.54. The molecule has 1 saturated heterocycles. The number of H-pyrrole nitrogens is 1. The Morgan fingerprint density at radius 2 is 2.14 bits per heavy atom. The summed E-state index contributed by atoms with van der Waals surface area (Å²) in [6.45, 7) is 1.38. The van der Waals surface area contributed by atoms with Crippen molar-refractivity contribution >= 4 is 16.8 Å². The van der Waals surface area contributed by atoms with Gasteiger partial charge in [0.15, 0.2) is 0 Å². The number of nitrogens with zero attached hydrogens (tertiary/aromatic N) is 1. The van der Waals surface area contributed by atoms with Gasteiger partial charge in [-0.2, -0.15) is 0 Å². The minimum absolute atomic E-state index is 0.145. The van der Waals surface area contributed by atoms with Crippen molar-refractivity contribution in [3.05, 3.63) is 36.0 Å². The lowest BCUT2D eigenvalue weighted by molar-refractivity contribution is -0.0752. The topological polar surface area (TPSA) is 45.3 Å². The van der Waals surface area contributed by atoms with Crippen LogP contribution >= 0.6 is 0 Å². The first-order chi connectivity index (χ1) is 10.3. The van der Waals surface area contributed by atoms with E-state index in [1.54, 1.807) is 0 Å². The van der Waals surface area contributed by atoms with Crippen molar-refractivity contribution in [1.82, 2.24) is 9.88 Å². The number of morpholine rings is 1. The predicted molar refractivity (Wildman–Crippen MR) is 81.3 cm³/mol. The number of nitrogens with one attached hydrogen (secondary N) is 1. The van der Waals surface area contributed by atoms with Crippen LogP contribution in [0.3, 0.4) is 0 Å². The molecule has 4 heteroatoms. The number of carbonyl (C=O) groups is 1. The van der Waals surface area contributed by atoms with E-state index in [1.807, 2.05) is 35.4 Å². The Kier molecular flexibility index (Phi) is 3.19. The smallest absolute Gasteiger partial charge is 0.254 e. The zero-order valence-electron chi connectivity index (χ0n) is 12.0. The molecule has 1 N–H and O–H groups in total. The van der Waals surface area contributed by atoms with Crippen LogP contribution in [0.2, 0.25) is 0 Å². The second kappa shape index (κ2) is 5.19. The highest BCUT2D eigenvalue weighted by Gasteiger charge is 2.36. The summed E-state index contributed by atoms with van der Waals surface area (Å²) in [6.07, 6.45) is 6.73. The molecule has 1 saturated carbocycles. The summed E-state index contributed by atoms with van der Waals surface area (Å²) in [7, 11) is 0. The van der Waals surface area contributed by atoms with Crippen molar-refractivity contribution in [3.8, 4) is 0 Å². The third kappa shape index (κ3) is 2.23. The molecule has 2 aromatic rings. The predicted octanol–water partition coefficient (Wildman–Crippen LogP) is 2.95. The molecular formula is C17H20N2O2. The van der Waals surface area contributed by atoms with Gasteiger partial charge in [0.1, 0.15) is 0 Å². The Bertz CT molecular complexity index is 662. The molecule has 0 unspecified atom stereocenters. The van der Waals surface area contributed by atoms with Gasteiger partial charge in [-0.3, -0.25) is 4.79 Å². The Morgan fingerprint density at radius 1 is 1.24 bits per heavy atom. The molecule has 0 radical (unpaired) electrons. The number of aromatic nitrogens is 1. The monoisotopic (exact) mass is 284 g/mol. The molecule has 2 atom stereocenters. The van der Waals surface area contributed by atoms with Crippen LogP contribution in [0.4, 0.5) is 0 Å². The number of aromatic amines is 1. The van der Waals surface area contributed by atoms with E-state index >= 15 is 0 Å². The molecule has 1 aliphatic carbocycles. The molecule has 1 aliphatic heterocycles. The summed E-state index contributed by atoms with van der Waals surface area (Å²) in [5.41, 5.74) is 1.80. The van der Waals surface area contributed by atoms with Crippen molar-refractivity contribution in [1.29, 1.82) is 0 Å². The van der Waals surface area contributed by atoms with E-state index in [0.29, 0.717) is 13.2 Å². The van der Waals surface area contributed by atoms with E-state index in [-0.39, 0.29) is 18.1 Å². The van der Waals surface area contributed by atoms with Gasteiger partial charge < -0.3 is 14.6 Å². The molecule has 4 nitrogen and oxygen atoms in total. The van der Waals surface area contributed by atoms with Crippen LogP contribution < -0.4 is 0 Å². The maximum absolute atomic E-state index is 12.9. The number of hydrogen-bond acceptors (Lipinski definition) is 2. The van der Waals surface area contributed by atoms with Gasteiger partial charge in [-0.05, 0) is 36.4 Å². The molecule has 2 fully saturated rings. The molecular weight excluding hydrogens is 264 g/mol. The Labute approximate surface area is 124 Å². The number of carbonyl (C=O) groups excluding carboxylic acids is 1. The average Bonchev–Trinajstić information content (AvgIpc) is 3.01. The zero-order chi connectivity index (χ0) is 14.2. The van der Waals surface area contributed by atoms with E-state index in [1.165, 1.54) is 12.8 Å². The minimum atomic E-state index is 0.145. The van der Waals surface area contributed by atoms with E-state index in [0.717, 1.165) is 29.3 Å². The molecule has 0 spiro atoms. The quantitative estimate of drug-likeness (QED) is 0.875. The van der Waals surface area contributed by atoms with Crippen LogP contribution in [0.1, 0.15) is 36.0 Å². The second-order valence-electron chi connectivity index (χ2n) is 6.04. The number of fused-ring (bicyclic) bond motifs is 2. The third-order valence-electron chi connectivity index (χ3n) is 4.79. The number of hydrogen-bond donors (Lipinski definition) is 1. The van der Waals surface area contributed by atoms with Crippen molar-refractivity contribution in [3.63, 3.8) is 0 Å². The highest BCUT2D eigenvalue weighted by molar-refractivity contribution is 5.98. The third-order valence-corrected chi connectivity index (χ3v) is 4.79. The molecule has 0 bridgehead atoms. The highest BCUT2D eigenvalue weighted by atomic mass is 16.5. The Hall–Kier alpha value is -1.81. The van der Waals surface area contributed by atoms with Crippen molar-refractivity contribution < 1.29 is 9.53 Å². The number of ether oxygens (including phenoxy) is 1. The average molecular weight is 284 g/mol. The molecule has 2 aliphatic rings. The molecule has 1 amide bonds. The fourth-order valence-corrected chi connectivity index (χ4v) is 3.70. The molecule has 110 valence electrons. The largest absolute Gasteiger partial charge is 0.374 e. The van der Waals surface area contributed by atoms with Gasteiger partial charge in [-0.1, -0.05) is 18.9 Å². The van der Waals surface area contributed by atoms with E-state index < -0.39 is 0 Å². The number of rotatable bonds is 1. The molecule has 2 heterocycles. The normalized spacial score (nSPS) is 25.8. The van der Waals surface area contributed by atoms with Crippen LogP contribution in [0.25, 0.3) is 10.9 Å². The summed E-state index contributed by atoms with van der Waals surface area (Å²) >= 11 is 0. The van der Waals surface area contributed by atoms with E-state index in [4.69, 9.17) is 4.74 Å². The summed E-state index contributed by atoms with van der Waals surface area (Å²) in [6, 6.07) is 8.20. The summed E-state index contributed by atoms with van der Waals surface area (Å²) < 4.78 is 5.86. The summed E-state index contributed by atoms with van der Waals surface area (Å²) in [5.74, 6) is 0.145. The molecule has 4 rings (SSSR count). The van der Waals surface area contributed by atoms with E-state index in [2.05, 4.69) is 4.98 Å². The Morgan fingerprint density at radius 3 is 3.10 bits per heavy atom. The van der Waals surface area contributed by atoms with Crippen LogP contribution in [0.15, 0.2) is 30.5 Å². The minimum Gasteiger partial charge on any atom is -0.374 e. The zero-order valence-corrected chi connectivity index (χ0v) is 12.0. The fourth-order valence-electron chi connectivity index (χ4n) is 3.70. The van der Waals surface area contributed by atoms with Crippen LogP contribution in [0.5, 0.6) is 0 Å². The van der Waals surface area contributed by atoms with Gasteiger partial charge in [0, 0.05) is 23.8 Å². The first kappa shape index (κ1) is 12.9. The number of benzene rings is 1. The first-order valence-electron chi connectivity index (χ1n) is 7.83. The van der Waals surface area contributed by atoms with Crippen molar-refractivity contribution in [2.75, 3.05) is 13.2 Å². The first-order valence-corrected chi connectivity index (χ1v) is 7.83. The molecule has 21 heavy (non-hydrogen) atoms. The van der Waals surface area contributed by atoms with E-state index in [9.17, 15) is 4.79 Å². The standard InChI is InChI=1S/C17H20N2O2/c20-17(13-6-5-12-7-8-18-14(12)11-13)19-9-10-21-16-4-2-1-3-15(16)19/h5-8,11,15-16,18H,1-4,9-10H2/t15-,16-/m1/s1. The fraction of sp³-hybridized carbons (Fsp3) is 0.471. The maximum Gasteiger partial charge on any atom is 0.254 e. The van der Waals surface area contributed by atoms with Gasteiger partial charge in [0.25, 0.3) is 5.91 Å². The van der Waals surface area contributed by atoms with Gasteiger partial charge in [-0.25, -0.2) is 0 Å². The lowest BCUT2D eigenvalue weighted by Gasteiger charge is -2.43. The summed E-state index contributed by atoms with van der Waals surface area (Å²) in [4.78, 5) is 18.1. The van der Waals surface area contributed by atoms with Crippen LogP contribution in [0, 0.1) is 0 Å². The molecule has 1 aromatic heterocycles. The van der Waals surface area contributed by atoms with Gasteiger partial charge in [0.2, 0.25) is 0 Å². The lowest BCUT2D eigenvalue weighted by atomic mass is 9.89. The van der Waals surface area contributed by atoms with Gasteiger partial charge >= 0.3 is 0 Å². The SMILES string of the molecule is O=C(c1ccc2cc[nH]c2c1)N1CCO[C@@H]2CCCC[C@H]21. The van der Waals surface area contributed by atoms with Crippen LogP contribution in [-0.4, -0.2) is 41.1 Å². The summed E-state index contributed by atoms with van der Waals surface area (Å²) in [5, 5.41) is 1.14. The second-order valence-corrected chi connectivity index (χ2v) is 6.04. The molecule has 1 aromatic carbocycles. The maximum atomic E-state index is 12.9. The van der Waals surface area contributed by atoms with Crippen molar-refractivity contribution in [2.45, 2.75) is 37.8 Å². The Balaban J connectivity index is 1.63. The van der Waals surface area contributed by atoms with Crippen molar-refractivity contribution in [2.24, 2.45) is 0 Å². The van der Waals surface area contributed by atoms with Gasteiger partial charge in [0.05, 0.1) is 18.8 Å². The van der Waals surface area contributed by atoms with Crippen LogP contribution in [-0.2, 0) is 4.74 Å².